The Kier molecular flexibility index (Phi) is 11.4. The van der Waals surface area contributed by atoms with Crippen LogP contribution in [0.15, 0.2) is 127 Å². The van der Waals surface area contributed by atoms with Gasteiger partial charge in [-0.1, -0.05) is 150 Å². The molecule has 0 N–H and O–H groups in total. The molecule has 7 rings (SSSR count). The van der Waals surface area contributed by atoms with Crippen molar-refractivity contribution in [2.24, 2.45) is 0 Å². The van der Waals surface area contributed by atoms with Gasteiger partial charge in [0.2, 0.25) is 0 Å². The number of benzene rings is 5. The molecule has 1 aliphatic rings. The summed E-state index contributed by atoms with van der Waals surface area (Å²) in [5.74, 6) is 0. The van der Waals surface area contributed by atoms with Crippen LogP contribution in [0.2, 0.25) is 0 Å². The summed E-state index contributed by atoms with van der Waals surface area (Å²) in [5.41, 5.74) is 9.29. The van der Waals surface area contributed by atoms with E-state index in [9.17, 15) is 0 Å². The van der Waals surface area contributed by atoms with Crippen LogP contribution < -0.4 is 0 Å². The van der Waals surface area contributed by atoms with Crippen molar-refractivity contribution in [1.82, 2.24) is 4.57 Å². The molecule has 0 unspecified atom stereocenters. The van der Waals surface area contributed by atoms with Gasteiger partial charge in [-0.3, -0.25) is 0 Å². The van der Waals surface area contributed by atoms with Gasteiger partial charge in [0.05, 0.1) is 5.52 Å². The SMILES string of the molecule is C1=Cc2c(n(-c3ccc(-c4ccccc4)cc3)c3cc4ccccc4cc23)CC1.CC.CC.CCCc1ccccc1. The Bertz CT molecular complexity index is 1690. The summed E-state index contributed by atoms with van der Waals surface area (Å²) in [6.45, 7) is 10.2. The maximum atomic E-state index is 2.47. The van der Waals surface area contributed by atoms with Gasteiger partial charge in [0.15, 0.2) is 0 Å². The molecular weight excluding hydrogens is 506 g/mol. The average molecular weight is 552 g/mol. The number of aromatic nitrogens is 1. The number of fused-ring (bicyclic) bond motifs is 4. The number of rotatable bonds is 4. The van der Waals surface area contributed by atoms with Crippen LogP contribution in [-0.4, -0.2) is 4.57 Å². The third kappa shape index (κ3) is 6.92. The van der Waals surface area contributed by atoms with E-state index >= 15 is 0 Å². The normalized spacial score (nSPS) is 11.4. The summed E-state index contributed by atoms with van der Waals surface area (Å²) in [5, 5.41) is 3.95. The molecule has 0 saturated carbocycles. The lowest BCUT2D eigenvalue weighted by molar-refractivity contribution is 0.889. The Morgan fingerprint density at radius 2 is 1.19 bits per heavy atom. The van der Waals surface area contributed by atoms with Crippen molar-refractivity contribution in [2.75, 3.05) is 0 Å². The van der Waals surface area contributed by atoms with E-state index in [1.54, 1.807) is 0 Å². The Morgan fingerprint density at radius 3 is 1.83 bits per heavy atom. The van der Waals surface area contributed by atoms with Crippen molar-refractivity contribution in [3.63, 3.8) is 0 Å². The van der Waals surface area contributed by atoms with Crippen LogP contribution in [0.1, 0.15) is 64.3 Å². The molecule has 1 heterocycles. The largest absolute Gasteiger partial charge is 0.313 e. The van der Waals surface area contributed by atoms with E-state index in [1.165, 1.54) is 68.2 Å². The van der Waals surface area contributed by atoms with E-state index in [1.807, 2.05) is 27.7 Å². The van der Waals surface area contributed by atoms with E-state index in [0.29, 0.717) is 0 Å². The molecule has 0 atom stereocenters. The highest BCUT2D eigenvalue weighted by Gasteiger charge is 2.19. The second kappa shape index (κ2) is 15.6. The zero-order valence-electron chi connectivity index (χ0n) is 26.0. The van der Waals surface area contributed by atoms with Gasteiger partial charge in [0.25, 0.3) is 0 Å². The molecule has 214 valence electrons. The van der Waals surface area contributed by atoms with Crippen molar-refractivity contribution >= 4 is 27.8 Å². The third-order valence-corrected chi connectivity index (χ3v) is 7.42. The van der Waals surface area contributed by atoms with Crippen LogP contribution in [0.3, 0.4) is 0 Å². The van der Waals surface area contributed by atoms with Crippen molar-refractivity contribution < 1.29 is 0 Å². The van der Waals surface area contributed by atoms with Crippen molar-refractivity contribution in [2.45, 2.75) is 60.3 Å². The van der Waals surface area contributed by atoms with E-state index in [-0.39, 0.29) is 0 Å². The van der Waals surface area contributed by atoms with Crippen LogP contribution in [0.25, 0.3) is 44.6 Å². The number of nitrogens with zero attached hydrogens (tertiary/aromatic N) is 1. The van der Waals surface area contributed by atoms with Gasteiger partial charge in [-0.05, 0) is 71.0 Å². The second-order valence-electron chi connectivity index (χ2n) is 10.0. The Balaban J connectivity index is 0.000000264. The molecule has 1 nitrogen and oxygen atoms in total. The molecule has 5 aromatic carbocycles. The first-order chi connectivity index (χ1) is 20.8. The summed E-state index contributed by atoms with van der Waals surface area (Å²) >= 11 is 0. The molecule has 0 radical (unpaired) electrons. The van der Waals surface area contributed by atoms with Gasteiger partial charge in [0.1, 0.15) is 0 Å². The highest BCUT2D eigenvalue weighted by molar-refractivity contribution is 6.02. The lowest BCUT2D eigenvalue weighted by atomic mass is 10.0. The molecule has 0 fully saturated rings. The zero-order valence-corrected chi connectivity index (χ0v) is 26.0. The molecule has 1 aromatic heterocycles. The molecule has 0 bridgehead atoms. The fourth-order valence-corrected chi connectivity index (χ4v) is 5.57. The van der Waals surface area contributed by atoms with Gasteiger partial charge < -0.3 is 4.57 Å². The number of hydrogen-bond donors (Lipinski definition) is 0. The molecule has 6 aromatic rings. The lowest BCUT2D eigenvalue weighted by Crippen LogP contribution is -2.02. The van der Waals surface area contributed by atoms with Gasteiger partial charge in [-0.2, -0.15) is 0 Å². The van der Waals surface area contributed by atoms with E-state index < -0.39 is 0 Å². The van der Waals surface area contributed by atoms with Crippen molar-refractivity contribution in [3.8, 4) is 16.8 Å². The summed E-state index contributed by atoms with van der Waals surface area (Å²) in [6.07, 6.45) is 9.25. The van der Waals surface area contributed by atoms with Crippen LogP contribution in [0.4, 0.5) is 0 Å². The standard InChI is InChI=1S/C28H21N.C9H12.2C2H6/c1-2-8-20(9-3-1)21-14-16-24(17-15-21)29-27-13-7-6-12-25(27)26-18-22-10-4-5-11-23(22)19-28(26)29;1-2-6-9-7-4-3-5-8-9;2*1-2/h1-6,8-12,14-19H,7,13H2;3-5,7-8H,2,6H2,1H3;2*1-2H3. The molecular formula is C41H45N. The fourth-order valence-electron chi connectivity index (χ4n) is 5.57. The minimum Gasteiger partial charge on any atom is -0.313 e. The number of allylic oxidation sites excluding steroid dienone is 1. The first kappa shape index (κ1) is 30.6. The molecule has 0 spiro atoms. The van der Waals surface area contributed by atoms with Crippen molar-refractivity contribution in [3.05, 3.63) is 144 Å². The van der Waals surface area contributed by atoms with Crippen LogP contribution >= 0.6 is 0 Å². The van der Waals surface area contributed by atoms with Crippen LogP contribution in [0, 0.1) is 0 Å². The van der Waals surface area contributed by atoms with Gasteiger partial charge >= 0.3 is 0 Å². The number of hydrogen-bond acceptors (Lipinski definition) is 0. The second-order valence-corrected chi connectivity index (χ2v) is 10.0. The van der Waals surface area contributed by atoms with Gasteiger partial charge in [-0.25, -0.2) is 0 Å². The highest BCUT2D eigenvalue weighted by atomic mass is 15.0. The minimum atomic E-state index is 1.08. The molecule has 0 amide bonds. The summed E-state index contributed by atoms with van der Waals surface area (Å²) in [6, 6.07) is 43.5. The average Bonchev–Trinajstić information content (AvgIpc) is 3.40. The quantitative estimate of drug-likeness (QED) is 0.205. The summed E-state index contributed by atoms with van der Waals surface area (Å²) in [7, 11) is 0. The van der Waals surface area contributed by atoms with Crippen LogP contribution in [-0.2, 0) is 12.8 Å². The smallest absolute Gasteiger partial charge is 0.0544 e. The van der Waals surface area contributed by atoms with Gasteiger partial charge in [0, 0.05) is 22.3 Å². The summed E-state index contributed by atoms with van der Waals surface area (Å²) < 4.78 is 2.47. The molecule has 1 aliphatic carbocycles. The minimum absolute atomic E-state index is 1.08. The maximum absolute atomic E-state index is 2.47. The van der Waals surface area contributed by atoms with E-state index in [0.717, 1.165) is 12.8 Å². The summed E-state index contributed by atoms with van der Waals surface area (Å²) in [4.78, 5) is 0. The van der Waals surface area contributed by atoms with Crippen molar-refractivity contribution in [1.29, 1.82) is 0 Å². The Hall–Kier alpha value is -4.36. The van der Waals surface area contributed by atoms with Gasteiger partial charge in [-0.15, -0.1) is 0 Å². The molecule has 42 heavy (non-hydrogen) atoms. The monoisotopic (exact) mass is 551 g/mol. The van der Waals surface area contributed by atoms with E-state index in [4.69, 9.17) is 0 Å². The molecule has 0 aliphatic heterocycles. The Labute approximate surface area is 253 Å². The van der Waals surface area contributed by atoms with E-state index in [2.05, 4.69) is 145 Å². The zero-order chi connectivity index (χ0) is 29.7. The fraction of sp³-hybridized carbons (Fsp3) is 0.220. The first-order valence-electron chi connectivity index (χ1n) is 15.7. The first-order valence-corrected chi connectivity index (χ1v) is 15.7. The predicted molar refractivity (Wildman–Crippen MR) is 187 cm³/mol. The topological polar surface area (TPSA) is 4.93 Å². The Morgan fingerprint density at radius 1 is 0.619 bits per heavy atom. The highest BCUT2D eigenvalue weighted by Crippen LogP contribution is 2.36. The maximum Gasteiger partial charge on any atom is 0.0544 e. The molecule has 1 heteroatoms. The predicted octanol–water partition coefficient (Wildman–Crippen LogP) is 12.1. The lowest BCUT2D eigenvalue weighted by Gasteiger charge is -2.14. The van der Waals surface area contributed by atoms with Crippen LogP contribution in [0.5, 0.6) is 0 Å². The number of aryl methyl sites for hydroxylation is 1. The molecule has 0 saturated heterocycles. The third-order valence-electron chi connectivity index (χ3n) is 7.42.